The zero-order valence-corrected chi connectivity index (χ0v) is 13.2. The summed E-state index contributed by atoms with van der Waals surface area (Å²) < 4.78 is 17.5. The molecular weight excluding hydrogens is 310 g/mol. The van der Waals surface area contributed by atoms with Gasteiger partial charge in [0, 0.05) is 0 Å². The molecule has 24 heavy (non-hydrogen) atoms. The molecule has 0 saturated carbocycles. The average molecular weight is 329 g/mol. The molecule has 4 heterocycles. The van der Waals surface area contributed by atoms with Gasteiger partial charge >= 0.3 is 0 Å². The summed E-state index contributed by atoms with van der Waals surface area (Å²) in [7, 11) is 0. The maximum atomic E-state index is 13.1. The molecule has 4 saturated heterocycles. The van der Waals surface area contributed by atoms with Crippen molar-refractivity contribution in [3.05, 3.63) is 35.9 Å². The van der Waals surface area contributed by atoms with Gasteiger partial charge in [-0.2, -0.15) is 0 Å². The van der Waals surface area contributed by atoms with E-state index in [0.29, 0.717) is 26.2 Å². The molecule has 6 nitrogen and oxygen atoms in total. The van der Waals surface area contributed by atoms with Crippen LogP contribution in [0.4, 0.5) is 0 Å². The first-order chi connectivity index (χ1) is 11.7. The molecule has 0 N–H and O–H groups in total. The molecule has 1 aromatic carbocycles. The van der Waals surface area contributed by atoms with Gasteiger partial charge in [-0.05, 0) is 18.4 Å². The van der Waals surface area contributed by atoms with E-state index < -0.39 is 17.8 Å². The second-order valence-corrected chi connectivity index (χ2v) is 6.98. The van der Waals surface area contributed by atoms with Crippen LogP contribution in [0, 0.1) is 11.8 Å². The van der Waals surface area contributed by atoms with Crippen LogP contribution in [0.2, 0.25) is 0 Å². The number of carbonyl (C=O) groups is 2. The van der Waals surface area contributed by atoms with Crippen molar-refractivity contribution in [1.82, 2.24) is 4.90 Å². The van der Waals surface area contributed by atoms with Gasteiger partial charge in [-0.15, -0.1) is 0 Å². The molecule has 0 radical (unpaired) electrons. The molecule has 2 amide bonds. The Labute approximate surface area is 139 Å². The summed E-state index contributed by atoms with van der Waals surface area (Å²) >= 11 is 0. The van der Waals surface area contributed by atoms with Gasteiger partial charge in [0.1, 0.15) is 5.60 Å². The molecule has 4 aliphatic heterocycles. The first-order valence-electron chi connectivity index (χ1n) is 8.51. The Hall–Kier alpha value is -1.76. The van der Waals surface area contributed by atoms with E-state index >= 15 is 0 Å². The van der Waals surface area contributed by atoms with Crippen molar-refractivity contribution in [2.24, 2.45) is 11.8 Å². The van der Waals surface area contributed by atoms with Crippen molar-refractivity contribution in [2.45, 2.75) is 37.4 Å². The number of hydrogen-bond donors (Lipinski definition) is 0. The highest BCUT2D eigenvalue weighted by atomic mass is 16.7. The fourth-order valence-electron chi connectivity index (χ4n) is 4.77. The molecule has 5 rings (SSSR count). The van der Waals surface area contributed by atoms with Crippen LogP contribution in [0.1, 0.15) is 18.4 Å². The molecular formula is C18H19NO5. The van der Waals surface area contributed by atoms with Gasteiger partial charge in [-0.1, -0.05) is 30.3 Å². The lowest BCUT2D eigenvalue weighted by atomic mass is 9.72. The Morgan fingerprint density at radius 2 is 1.83 bits per heavy atom. The number of hydrogen-bond acceptors (Lipinski definition) is 5. The Balaban J connectivity index is 1.47. The number of imide groups is 1. The summed E-state index contributed by atoms with van der Waals surface area (Å²) in [6.07, 6.45) is 0.760. The standard InChI is InChI=1S/C18H19NO5/c20-15-13-12-6-7-18(24-12,17-22-8-9-23-17)14(13)16(21)19(15)10-11-4-2-1-3-5-11/h1-5,12-14,17H,6-10H2. The number of fused-ring (bicyclic) bond motifs is 5. The lowest BCUT2D eigenvalue weighted by molar-refractivity contribution is -0.196. The third-order valence-corrected chi connectivity index (χ3v) is 5.76. The smallest absolute Gasteiger partial charge is 0.236 e. The van der Waals surface area contributed by atoms with E-state index in [1.807, 2.05) is 30.3 Å². The van der Waals surface area contributed by atoms with Crippen LogP contribution in [-0.4, -0.2) is 47.9 Å². The largest absolute Gasteiger partial charge is 0.365 e. The Bertz CT molecular complexity index is 686. The molecule has 4 unspecified atom stereocenters. The van der Waals surface area contributed by atoms with Crippen molar-refractivity contribution < 1.29 is 23.8 Å². The minimum absolute atomic E-state index is 0.113. The topological polar surface area (TPSA) is 65.1 Å². The third kappa shape index (κ3) is 1.82. The van der Waals surface area contributed by atoms with Crippen molar-refractivity contribution in [3.63, 3.8) is 0 Å². The van der Waals surface area contributed by atoms with Gasteiger partial charge in [0.2, 0.25) is 11.8 Å². The van der Waals surface area contributed by atoms with Gasteiger partial charge in [-0.25, -0.2) is 0 Å². The van der Waals surface area contributed by atoms with E-state index in [2.05, 4.69) is 0 Å². The van der Waals surface area contributed by atoms with Gasteiger partial charge in [0.15, 0.2) is 6.29 Å². The van der Waals surface area contributed by atoms with Crippen LogP contribution in [0.3, 0.4) is 0 Å². The maximum Gasteiger partial charge on any atom is 0.236 e. The lowest BCUT2D eigenvalue weighted by Crippen LogP contribution is -2.50. The Kier molecular flexibility index (Phi) is 3.11. The summed E-state index contributed by atoms with van der Waals surface area (Å²) in [5.74, 6) is -1.12. The summed E-state index contributed by atoms with van der Waals surface area (Å²) in [5, 5.41) is 0. The van der Waals surface area contributed by atoms with E-state index in [1.54, 1.807) is 0 Å². The maximum absolute atomic E-state index is 13.1. The lowest BCUT2D eigenvalue weighted by Gasteiger charge is -2.34. The van der Waals surface area contributed by atoms with Crippen LogP contribution in [0.25, 0.3) is 0 Å². The Morgan fingerprint density at radius 3 is 2.58 bits per heavy atom. The molecule has 4 aliphatic rings. The third-order valence-electron chi connectivity index (χ3n) is 5.76. The molecule has 2 bridgehead atoms. The molecule has 1 aromatic rings. The number of carbonyl (C=O) groups excluding carboxylic acids is 2. The predicted molar refractivity (Wildman–Crippen MR) is 81.5 cm³/mol. The van der Waals surface area contributed by atoms with E-state index in [4.69, 9.17) is 14.2 Å². The molecule has 0 aliphatic carbocycles. The number of nitrogens with zero attached hydrogens (tertiary/aromatic N) is 1. The van der Waals surface area contributed by atoms with Crippen LogP contribution in [0.5, 0.6) is 0 Å². The normalized spacial score (nSPS) is 38.3. The summed E-state index contributed by atoms with van der Waals surface area (Å²) in [4.78, 5) is 27.4. The summed E-state index contributed by atoms with van der Waals surface area (Å²) in [6, 6.07) is 9.60. The number of benzene rings is 1. The highest BCUT2D eigenvalue weighted by molar-refractivity contribution is 6.06. The fraction of sp³-hybridized carbons (Fsp3) is 0.556. The van der Waals surface area contributed by atoms with Crippen molar-refractivity contribution in [3.8, 4) is 0 Å². The zero-order chi connectivity index (χ0) is 16.3. The van der Waals surface area contributed by atoms with Crippen LogP contribution in [-0.2, 0) is 30.3 Å². The number of rotatable bonds is 3. The number of amides is 2. The van der Waals surface area contributed by atoms with Gasteiger partial charge < -0.3 is 14.2 Å². The monoisotopic (exact) mass is 329 g/mol. The van der Waals surface area contributed by atoms with Crippen molar-refractivity contribution >= 4 is 11.8 Å². The van der Waals surface area contributed by atoms with Crippen LogP contribution < -0.4 is 0 Å². The Morgan fingerprint density at radius 1 is 1.08 bits per heavy atom. The van der Waals surface area contributed by atoms with Crippen molar-refractivity contribution in [2.75, 3.05) is 13.2 Å². The average Bonchev–Trinajstić information content (AvgIpc) is 3.36. The molecule has 6 heteroatoms. The highest BCUT2D eigenvalue weighted by Crippen LogP contribution is 2.57. The molecule has 4 fully saturated rings. The first-order valence-corrected chi connectivity index (χ1v) is 8.51. The second-order valence-electron chi connectivity index (χ2n) is 6.98. The highest BCUT2D eigenvalue weighted by Gasteiger charge is 2.72. The SMILES string of the molecule is O=C1C2C3CCC(C4OCCO4)(O3)C2C(=O)N1Cc1ccccc1. The molecule has 126 valence electrons. The van der Waals surface area contributed by atoms with Gasteiger partial charge in [-0.3, -0.25) is 14.5 Å². The molecule has 0 aromatic heterocycles. The van der Waals surface area contributed by atoms with E-state index in [-0.39, 0.29) is 23.8 Å². The first kappa shape index (κ1) is 14.6. The quantitative estimate of drug-likeness (QED) is 0.777. The number of likely N-dealkylation sites (tertiary alicyclic amines) is 1. The summed E-state index contributed by atoms with van der Waals surface area (Å²) in [5.41, 5.74) is 0.166. The van der Waals surface area contributed by atoms with Crippen molar-refractivity contribution in [1.29, 1.82) is 0 Å². The minimum Gasteiger partial charge on any atom is -0.365 e. The fourth-order valence-corrected chi connectivity index (χ4v) is 4.77. The van der Waals surface area contributed by atoms with E-state index in [0.717, 1.165) is 12.0 Å². The second kappa shape index (κ2) is 5.12. The van der Waals surface area contributed by atoms with Gasteiger partial charge in [0.05, 0.1) is 37.7 Å². The van der Waals surface area contributed by atoms with E-state index in [1.165, 1.54) is 4.90 Å². The number of ether oxygens (including phenoxy) is 3. The predicted octanol–water partition coefficient (Wildman–Crippen LogP) is 1.09. The summed E-state index contributed by atoms with van der Waals surface area (Å²) in [6.45, 7) is 1.34. The van der Waals surface area contributed by atoms with Crippen LogP contribution >= 0.6 is 0 Å². The van der Waals surface area contributed by atoms with E-state index in [9.17, 15) is 9.59 Å². The minimum atomic E-state index is -0.788. The van der Waals surface area contributed by atoms with Crippen LogP contribution in [0.15, 0.2) is 30.3 Å². The van der Waals surface area contributed by atoms with Gasteiger partial charge in [0.25, 0.3) is 0 Å². The molecule has 0 spiro atoms. The molecule has 4 atom stereocenters. The zero-order valence-electron chi connectivity index (χ0n) is 13.2.